The van der Waals surface area contributed by atoms with Crippen molar-refractivity contribution in [2.75, 3.05) is 11.9 Å². The maximum Gasteiger partial charge on any atom is 0.257 e. The molecule has 26 heavy (non-hydrogen) atoms. The van der Waals surface area contributed by atoms with E-state index in [1.807, 2.05) is 25.1 Å². The molecule has 0 spiro atoms. The zero-order chi connectivity index (χ0) is 18.4. The highest BCUT2D eigenvalue weighted by Gasteiger charge is 2.13. The lowest BCUT2D eigenvalue weighted by Crippen LogP contribution is -2.11. The molecule has 2 aromatic carbocycles. The number of ether oxygens (including phenoxy) is 1. The lowest BCUT2D eigenvalue weighted by atomic mass is 10.2. The number of amides is 1. The molecule has 8 heteroatoms. The number of nitrogens with one attached hydrogen (secondary N) is 1. The monoisotopic (exact) mass is 405 g/mol. The summed E-state index contributed by atoms with van der Waals surface area (Å²) >= 11 is 9.05. The van der Waals surface area contributed by atoms with E-state index >= 15 is 0 Å². The van der Waals surface area contributed by atoms with Gasteiger partial charge in [-0.3, -0.25) is 10.1 Å². The molecular weight excluding hydrogens is 390 g/mol. The van der Waals surface area contributed by atoms with Crippen LogP contribution in [0.25, 0.3) is 0 Å². The first-order chi connectivity index (χ1) is 12.7. The van der Waals surface area contributed by atoms with Crippen molar-refractivity contribution in [3.05, 3.63) is 64.7 Å². The summed E-state index contributed by atoms with van der Waals surface area (Å²) in [5.74, 6) is 1.07. The van der Waals surface area contributed by atoms with Gasteiger partial charge in [-0.25, -0.2) is 0 Å². The number of carbonyl (C=O) groups is 1. The molecule has 1 N–H and O–H groups in total. The standard InChI is InChI=1S/C18H16ClN3O2S2/c1-2-24-15-9-8-13(10-14(15)19)16(23)20-17-21-22-18(26-17)25-11-12-6-4-3-5-7-12/h3-10H,2,11H2,1H3,(H,20,21,23). The van der Waals surface area contributed by atoms with E-state index in [2.05, 4.69) is 27.6 Å². The molecule has 1 heterocycles. The number of halogens is 1. The van der Waals surface area contributed by atoms with Gasteiger partial charge in [0.1, 0.15) is 5.75 Å². The van der Waals surface area contributed by atoms with Crippen LogP contribution in [0.15, 0.2) is 52.9 Å². The highest BCUT2D eigenvalue weighted by Crippen LogP contribution is 2.29. The van der Waals surface area contributed by atoms with E-state index in [0.29, 0.717) is 28.1 Å². The van der Waals surface area contributed by atoms with Crippen LogP contribution in [0.3, 0.4) is 0 Å². The predicted octanol–water partition coefficient (Wildman–Crippen LogP) is 5.13. The number of carbonyl (C=O) groups excluding carboxylic acids is 1. The Morgan fingerprint density at radius 3 is 2.77 bits per heavy atom. The first-order valence-corrected chi connectivity index (χ1v) is 10.1. The van der Waals surface area contributed by atoms with Gasteiger partial charge in [-0.05, 0) is 30.7 Å². The van der Waals surface area contributed by atoms with Crippen molar-refractivity contribution in [3.8, 4) is 5.75 Å². The first kappa shape index (κ1) is 18.7. The molecule has 3 aromatic rings. The second kappa shape index (κ2) is 9.02. The second-order valence-corrected chi connectivity index (χ2v) is 7.79. The number of benzene rings is 2. The van der Waals surface area contributed by atoms with Crippen molar-refractivity contribution in [2.45, 2.75) is 17.0 Å². The van der Waals surface area contributed by atoms with E-state index in [0.717, 1.165) is 10.1 Å². The van der Waals surface area contributed by atoms with Crippen molar-refractivity contribution in [1.29, 1.82) is 0 Å². The summed E-state index contributed by atoms with van der Waals surface area (Å²) in [6, 6.07) is 15.0. The van der Waals surface area contributed by atoms with Gasteiger partial charge in [0.05, 0.1) is 11.6 Å². The van der Waals surface area contributed by atoms with Crippen molar-refractivity contribution < 1.29 is 9.53 Å². The molecule has 0 bridgehead atoms. The molecule has 0 fully saturated rings. The Morgan fingerprint density at radius 2 is 2.04 bits per heavy atom. The molecule has 5 nitrogen and oxygen atoms in total. The fraction of sp³-hybridized carbons (Fsp3) is 0.167. The van der Waals surface area contributed by atoms with Crippen LogP contribution in [0, 0.1) is 0 Å². The smallest absolute Gasteiger partial charge is 0.257 e. The molecule has 0 saturated carbocycles. The molecule has 0 aliphatic rings. The van der Waals surface area contributed by atoms with E-state index in [9.17, 15) is 4.79 Å². The maximum atomic E-state index is 12.3. The van der Waals surface area contributed by atoms with Crippen LogP contribution in [-0.2, 0) is 5.75 Å². The van der Waals surface area contributed by atoms with Crippen LogP contribution in [0.1, 0.15) is 22.8 Å². The molecule has 1 amide bonds. The Kier molecular flexibility index (Phi) is 6.49. The Balaban J connectivity index is 1.60. The zero-order valence-corrected chi connectivity index (χ0v) is 16.3. The average Bonchev–Trinajstić information content (AvgIpc) is 3.10. The highest BCUT2D eigenvalue weighted by atomic mass is 35.5. The van der Waals surface area contributed by atoms with Crippen LogP contribution in [0.5, 0.6) is 5.75 Å². The van der Waals surface area contributed by atoms with Crippen molar-refractivity contribution >= 4 is 45.7 Å². The van der Waals surface area contributed by atoms with Gasteiger partial charge in [0.25, 0.3) is 5.91 Å². The summed E-state index contributed by atoms with van der Waals surface area (Å²) in [6.45, 7) is 2.39. The summed E-state index contributed by atoms with van der Waals surface area (Å²) in [7, 11) is 0. The summed E-state index contributed by atoms with van der Waals surface area (Å²) < 4.78 is 6.17. The SMILES string of the molecule is CCOc1ccc(C(=O)Nc2nnc(SCc3ccccc3)s2)cc1Cl. The normalized spacial score (nSPS) is 10.5. The van der Waals surface area contributed by atoms with Crippen LogP contribution in [-0.4, -0.2) is 22.7 Å². The molecule has 3 rings (SSSR count). The molecule has 0 aliphatic heterocycles. The number of nitrogens with zero attached hydrogens (tertiary/aromatic N) is 2. The third kappa shape index (κ3) is 4.97. The number of hydrogen-bond acceptors (Lipinski definition) is 6. The highest BCUT2D eigenvalue weighted by molar-refractivity contribution is 8.00. The van der Waals surface area contributed by atoms with Gasteiger partial charge in [0, 0.05) is 11.3 Å². The number of thioether (sulfide) groups is 1. The van der Waals surface area contributed by atoms with Crippen LogP contribution in [0.2, 0.25) is 5.02 Å². The van der Waals surface area contributed by atoms with Crippen LogP contribution in [0.4, 0.5) is 5.13 Å². The second-order valence-electron chi connectivity index (χ2n) is 5.18. The third-order valence-corrected chi connectivity index (χ3v) is 5.66. The van der Waals surface area contributed by atoms with Crippen LogP contribution >= 0.6 is 34.7 Å². The first-order valence-electron chi connectivity index (χ1n) is 7.89. The molecule has 0 saturated heterocycles. The predicted molar refractivity (Wildman–Crippen MR) is 106 cm³/mol. The maximum absolute atomic E-state index is 12.3. The Morgan fingerprint density at radius 1 is 1.23 bits per heavy atom. The van der Waals surface area contributed by atoms with Gasteiger partial charge in [0.15, 0.2) is 4.34 Å². The van der Waals surface area contributed by atoms with Crippen molar-refractivity contribution in [1.82, 2.24) is 10.2 Å². The molecule has 0 aliphatic carbocycles. The van der Waals surface area contributed by atoms with Crippen LogP contribution < -0.4 is 10.1 Å². The Hall–Kier alpha value is -2.09. The van der Waals surface area contributed by atoms with Gasteiger partial charge in [-0.1, -0.05) is 65.0 Å². The number of hydrogen-bond donors (Lipinski definition) is 1. The van der Waals surface area contributed by atoms with Gasteiger partial charge in [-0.2, -0.15) is 0 Å². The van der Waals surface area contributed by atoms with E-state index in [1.165, 1.54) is 16.9 Å². The average molecular weight is 406 g/mol. The van der Waals surface area contributed by atoms with Gasteiger partial charge >= 0.3 is 0 Å². The van der Waals surface area contributed by atoms with Gasteiger partial charge in [-0.15, -0.1) is 10.2 Å². The summed E-state index contributed by atoms with van der Waals surface area (Å²) in [5, 5.41) is 11.7. The van der Waals surface area contributed by atoms with Crippen molar-refractivity contribution in [2.24, 2.45) is 0 Å². The van der Waals surface area contributed by atoms with E-state index in [4.69, 9.17) is 16.3 Å². The third-order valence-electron chi connectivity index (χ3n) is 3.33. The van der Waals surface area contributed by atoms with Gasteiger partial charge < -0.3 is 4.74 Å². The number of anilines is 1. The zero-order valence-electron chi connectivity index (χ0n) is 13.9. The number of rotatable bonds is 7. The molecule has 1 aromatic heterocycles. The minimum absolute atomic E-state index is 0.286. The Labute approximate surface area is 164 Å². The molecule has 0 unspecified atom stereocenters. The Bertz CT molecular complexity index is 887. The topological polar surface area (TPSA) is 64.1 Å². The summed E-state index contributed by atoms with van der Waals surface area (Å²) in [4.78, 5) is 12.3. The molecule has 0 radical (unpaired) electrons. The van der Waals surface area contributed by atoms with E-state index < -0.39 is 0 Å². The molecule has 0 atom stereocenters. The minimum atomic E-state index is -0.286. The van der Waals surface area contributed by atoms with Gasteiger partial charge in [0.2, 0.25) is 5.13 Å². The largest absolute Gasteiger partial charge is 0.492 e. The summed E-state index contributed by atoms with van der Waals surface area (Å²) in [6.07, 6.45) is 0. The molecule has 134 valence electrons. The minimum Gasteiger partial charge on any atom is -0.492 e. The van der Waals surface area contributed by atoms with Crippen molar-refractivity contribution in [3.63, 3.8) is 0 Å². The lowest BCUT2D eigenvalue weighted by molar-refractivity contribution is 0.102. The molecular formula is C18H16ClN3O2S2. The van der Waals surface area contributed by atoms with E-state index in [1.54, 1.807) is 30.0 Å². The quantitative estimate of drug-likeness (QED) is 0.435. The number of aromatic nitrogens is 2. The van der Waals surface area contributed by atoms with E-state index in [-0.39, 0.29) is 5.91 Å². The fourth-order valence-corrected chi connectivity index (χ4v) is 4.06. The lowest BCUT2D eigenvalue weighted by Gasteiger charge is -2.07. The fourth-order valence-electron chi connectivity index (χ4n) is 2.12. The summed E-state index contributed by atoms with van der Waals surface area (Å²) in [5.41, 5.74) is 1.65.